The van der Waals surface area contributed by atoms with E-state index in [9.17, 15) is 9.59 Å². The molecule has 1 aliphatic heterocycles. The molecule has 2 atom stereocenters. The van der Waals surface area contributed by atoms with Crippen molar-refractivity contribution in [1.82, 2.24) is 0 Å². The number of rotatable bonds is 0. The monoisotopic (exact) mass is 368 g/mol. The number of hydrogen-bond donors (Lipinski definition) is 3. The molecule has 2 unspecified atom stereocenters. The van der Waals surface area contributed by atoms with E-state index >= 15 is 0 Å². The largest absolute Gasteiger partial charge is 2.00 e. The van der Waals surface area contributed by atoms with Gasteiger partial charge in [0, 0.05) is 0 Å². The molecular formula is C6H17Ca3O8P. The summed E-state index contributed by atoms with van der Waals surface area (Å²) in [4.78, 5) is 42.9. The van der Waals surface area contributed by atoms with Crippen LogP contribution in [0.25, 0.3) is 0 Å². The van der Waals surface area contributed by atoms with Crippen molar-refractivity contribution in [1.29, 1.82) is 0 Å². The van der Waals surface area contributed by atoms with E-state index < -0.39 is 32.0 Å². The standard InChI is InChI=1S/C6H8O4.3Ca.H3O4P.6H/c1-3-5(7)10-4(2)6(8)9-3;;;;1-5(2,3)4;;;;;;/h3-4H,1-2H3;;;;(H3,1,2,3,4);;;;;;/q;3*+2;;6*-1. The molecule has 0 radical (unpaired) electrons. The molecule has 1 heterocycles. The van der Waals surface area contributed by atoms with Crippen LogP contribution >= 0.6 is 7.82 Å². The zero-order valence-electron chi connectivity index (χ0n) is 16.1. The summed E-state index contributed by atoms with van der Waals surface area (Å²) in [6.45, 7) is 2.96. The van der Waals surface area contributed by atoms with E-state index in [4.69, 9.17) is 19.2 Å². The number of carbonyl (C=O) groups excluding carboxylic acids is 2. The molecule has 1 saturated heterocycles. The molecule has 12 heteroatoms. The molecule has 0 aliphatic carbocycles. The molecule has 1 aliphatic rings. The van der Waals surface area contributed by atoms with Crippen LogP contribution in [0, 0.1) is 0 Å². The van der Waals surface area contributed by atoms with Crippen molar-refractivity contribution in [2.24, 2.45) is 0 Å². The van der Waals surface area contributed by atoms with Crippen molar-refractivity contribution in [2.45, 2.75) is 26.1 Å². The van der Waals surface area contributed by atoms with Crippen LogP contribution in [-0.2, 0) is 23.6 Å². The van der Waals surface area contributed by atoms with Crippen LogP contribution in [-0.4, -0.2) is 152 Å². The molecule has 0 spiro atoms. The van der Waals surface area contributed by atoms with E-state index in [-0.39, 0.29) is 122 Å². The Morgan fingerprint density at radius 3 is 1.28 bits per heavy atom. The van der Waals surface area contributed by atoms with E-state index in [0.717, 1.165) is 0 Å². The average molecular weight is 368 g/mol. The van der Waals surface area contributed by atoms with Gasteiger partial charge in [0.05, 0.1) is 0 Å². The second-order valence-electron chi connectivity index (χ2n) is 2.67. The van der Waals surface area contributed by atoms with Gasteiger partial charge in [0.15, 0.2) is 12.2 Å². The summed E-state index contributed by atoms with van der Waals surface area (Å²) < 4.78 is 18.1. The Bertz CT molecular complexity index is 296. The van der Waals surface area contributed by atoms with Crippen LogP contribution in [0.1, 0.15) is 22.4 Å². The molecule has 0 bridgehead atoms. The van der Waals surface area contributed by atoms with Gasteiger partial charge >= 0.3 is 133 Å². The Morgan fingerprint density at radius 2 is 1.11 bits per heavy atom. The number of esters is 2. The second-order valence-corrected chi connectivity index (χ2v) is 3.70. The summed E-state index contributed by atoms with van der Waals surface area (Å²) in [6.07, 6.45) is -1.49. The maximum Gasteiger partial charge on any atom is 2.00 e. The Balaban J connectivity index is -0.0000000162. The SMILES string of the molecule is CC1OC(=O)C(C)OC1=O.O=P(O)(O)O.[Ca+2].[Ca+2].[Ca+2].[H-].[H-].[H-].[H-].[H-].[H-]. The number of ether oxygens (including phenoxy) is 2. The number of carbonyl (C=O) groups is 2. The van der Waals surface area contributed by atoms with Gasteiger partial charge in [0.2, 0.25) is 0 Å². The molecule has 3 N–H and O–H groups in total. The van der Waals surface area contributed by atoms with Gasteiger partial charge < -0.3 is 32.7 Å². The third kappa shape index (κ3) is 16.9. The smallest absolute Gasteiger partial charge is 1.00 e. The average Bonchev–Trinajstić information content (AvgIpc) is 1.98. The van der Waals surface area contributed by atoms with Crippen LogP contribution in [0.2, 0.25) is 0 Å². The van der Waals surface area contributed by atoms with E-state index in [2.05, 4.69) is 9.47 Å². The summed E-state index contributed by atoms with van der Waals surface area (Å²) in [6, 6.07) is 0. The molecule has 100 valence electrons. The molecule has 0 aromatic heterocycles. The van der Waals surface area contributed by atoms with E-state index in [1.165, 1.54) is 13.8 Å². The van der Waals surface area contributed by atoms with E-state index in [1.807, 2.05) is 0 Å². The summed E-state index contributed by atoms with van der Waals surface area (Å²) in [7, 11) is -4.64. The van der Waals surface area contributed by atoms with Crippen molar-refractivity contribution < 1.29 is 46.9 Å². The summed E-state index contributed by atoms with van der Waals surface area (Å²) in [5.41, 5.74) is 0. The molecule has 8 nitrogen and oxygen atoms in total. The van der Waals surface area contributed by atoms with Gasteiger partial charge in [-0.1, -0.05) is 0 Å². The maximum atomic E-state index is 10.7. The Hall–Kier alpha value is 2.83. The molecule has 18 heavy (non-hydrogen) atoms. The van der Waals surface area contributed by atoms with Crippen molar-refractivity contribution in [3.8, 4) is 0 Å². The third-order valence-electron chi connectivity index (χ3n) is 1.25. The third-order valence-corrected chi connectivity index (χ3v) is 1.25. The molecule has 1 rings (SSSR count). The van der Waals surface area contributed by atoms with E-state index in [0.29, 0.717) is 0 Å². The summed E-state index contributed by atoms with van der Waals surface area (Å²) >= 11 is 0. The second kappa shape index (κ2) is 13.5. The fourth-order valence-electron chi connectivity index (χ4n) is 0.636. The predicted molar refractivity (Wildman–Crippen MR) is 69.3 cm³/mol. The first-order valence-corrected chi connectivity index (χ1v) is 5.37. The van der Waals surface area contributed by atoms with Gasteiger partial charge in [0.1, 0.15) is 0 Å². The van der Waals surface area contributed by atoms with Crippen molar-refractivity contribution in [3.05, 3.63) is 0 Å². The minimum absolute atomic E-state index is 0. The van der Waals surface area contributed by atoms with Crippen LogP contribution in [0.3, 0.4) is 0 Å². The van der Waals surface area contributed by atoms with Crippen LogP contribution < -0.4 is 0 Å². The van der Waals surface area contributed by atoms with Crippen molar-refractivity contribution >= 4 is 133 Å². The fourth-order valence-corrected chi connectivity index (χ4v) is 0.636. The molecular weight excluding hydrogens is 351 g/mol. The fraction of sp³-hybridized carbons (Fsp3) is 0.667. The first kappa shape index (κ1) is 28.9. The summed E-state index contributed by atoms with van der Waals surface area (Å²) in [5, 5.41) is 0. The first-order valence-electron chi connectivity index (χ1n) is 3.80. The molecule has 0 aromatic rings. The Morgan fingerprint density at radius 1 is 0.944 bits per heavy atom. The van der Waals surface area contributed by atoms with Gasteiger partial charge in [0.25, 0.3) is 0 Å². The van der Waals surface area contributed by atoms with Gasteiger partial charge in [-0.15, -0.1) is 0 Å². The maximum absolute atomic E-state index is 10.7. The minimum atomic E-state index is -4.64. The summed E-state index contributed by atoms with van der Waals surface area (Å²) in [5.74, 6) is -0.959. The molecule has 0 saturated carbocycles. The number of cyclic esters (lactones) is 2. The van der Waals surface area contributed by atoms with Crippen LogP contribution in [0.4, 0.5) is 0 Å². The number of hydrogen-bond acceptors (Lipinski definition) is 5. The minimum Gasteiger partial charge on any atom is -1.00 e. The van der Waals surface area contributed by atoms with Gasteiger partial charge in [-0.2, -0.15) is 0 Å². The first-order chi connectivity index (χ1) is 6.61. The Labute approximate surface area is 202 Å². The van der Waals surface area contributed by atoms with Gasteiger partial charge in [-0.05, 0) is 13.8 Å². The quantitative estimate of drug-likeness (QED) is 0.267. The topological polar surface area (TPSA) is 130 Å². The predicted octanol–water partition coefficient (Wildman–Crippen LogP) is -1.53. The zero-order chi connectivity index (χ0) is 12.2. The van der Waals surface area contributed by atoms with Gasteiger partial charge in [-0.3, -0.25) is 0 Å². The van der Waals surface area contributed by atoms with Crippen molar-refractivity contribution in [3.63, 3.8) is 0 Å². The normalized spacial score (nSPS) is 21.6. The zero-order valence-corrected chi connectivity index (χ0v) is 17.6. The Kier molecular flexibility index (Phi) is 21.7. The molecule has 0 amide bonds. The number of phosphoric acid groups is 1. The van der Waals surface area contributed by atoms with Crippen LogP contribution in [0.15, 0.2) is 0 Å². The van der Waals surface area contributed by atoms with Crippen molar-refractivity contribution in [2.75, 3.05) is 0 Å². The molecule has 1 fully saturated rings. The molecule has 0 aromatic carbocycles. The van der Waals surface area contributed by atoms with Gasteiger partial charge in [-0.25, -0.2) is 14.2 Å². The van der Waals surface area contributed by atoms with E-state index in [1.54, 1.807) is 0 Å². The van der Waals surface area contributed by atoms with Crippen LogP contribution in [0.5, 0.6) is 0 Å².